The summed E-state index contributed by atoms with van der Waals surface area (Å²) in [5.41, 5.74) is 6.79. The Morgan fingerprint density at radius 1 is 1.07 bits per heavy atom. The minimum atomic E-state index is -0.336. The van der Waals surface area contributed by atoms with Crippen molar-refractivity contribution in [2.45, 2.75) is 64.9 Å². The van der Waals surface area contributed by atoms with Gasteiger partial charge in [0, 0.05) is 29.6 Å². The minimum absolute atomic E-state index is 0.0258. The Bertz CT molecular complexity index is 1590. The average Bonchev–Trinajstić information content (AvgIpc) is 3.65. The zero-order valence-electron chi connectivity index (χ0n) is 26.2. The first-order chi connectivity index (χ1) is 21.1. The Hall–Kier alpha value is -4.01. The number of urea groups is 1. The number of benzene rings is 2. The predicted molar refractivity (Wildman–Crippen MR) is 174 cm³/mol. The minimum Gasteiger partial charge on any atom is -0.366 e. The number of carbonyl (C=O) groups is 2. The summed E-state index contributed by atoms with van der Waals surface area (Å²) in [5, 5.41) is 14.3. The Kier molecular flexibility index (Phi) is 8.56. The van der Waals surface area contributed by atoms with E-state index in [-0.39, 0.29) is 35.2 Å². The highest BCUT2D eigenvalue weighted by Crippen LogP contribution is 2.34. The molecule has 2 aliphatic heterocycles. The van der Waals surface area contributed by atoms with Gasteiger partial charge in [-0.3, -0.25) is 10.1 Å². The molecule has 1 saturated heterocycles. The van der Waals surface area contributed by atoms with Crippen LogP contribution in [-0.4, -0.2) is 47.4 Å². The fourth-order valence-electron chi connectivity index (χ4n) is 6.41. The molecule has 1 aliphatic carbocycles. The molecule has 0 saturated carbocycles. The molecule has 2 aromatic carbocycles. The number of rotatable bonds is 7. The maximum absolute atomic E-state index is 13.7. The number of fused-ring (bicyclic) bond motifs is 1. The summed E-state index contributed by atoms with van der Waals surface area (Å²) >= 11 is 0. The second kappa shape index (κ2) is 12.5. The van der Waals surface area contributed by atoms with Crippen molar-refractivity contribution in [3.63, 3.8) is 0 Å². The highest BCUT2D eigenvalue weighted by Gasteiger charge is 2.35. The van der Waals surface area contributed by atoms with Gasteiger partial charge < -0.3 is 15.4 Å². The first kappa shape index (κ1) is 30.0. The van der Waals surface area contributed by atoms with E-state index in [1.165, 1.54) is 5.57 Å². The summed E-state index contributed by atoms with van der Waals surface area (Å²) in [6, 6.07) is 17.6. The molecular weight excluding hydrogens is 550 g/mol. The molecule has 3 aromatic rings. The van der Waals surface area contributed by atoms with Crippen LogP contribution >= 0.6 is 0 Å². The van der Waals surface area contributed by atoms with Crippen molar-refractivity contribution >= 4 is 23.3 Å². The van der Waals surface area contributed by atoms with E-state index in [2.05, 4.69) is 54.9 Å². The first-order valence-electron chi connectivity index (χ1n) is 15.7. The van der Waals surface area contributed by atoms with Gasteiger partial charge in [-0.15, -0.1) is 0 Å². The molecule has 230 valence electrons. The van der Waals surface area contributed by atoms with Crippen LogP contribution in [0.25, 0.3) is 5.69 Å². The molecule has 0 bridgehead atoms. The summed E-state index contributed by atoms with van der Waals surface area (Å²) in [6.07, 6.45) is 7.59. The van der Waals surface area contributed by atoms with E-state index in [0.29, 0.717) is 24.7 Å². The Labute approximate surface area is 260 Å². The van der Waals surface area contributed by atoms with E-state index in [1.807, 2.05) is 55.5 Å². The van der Waals surface area contributed by atoms with Gasteiger partial charge in [-0.05, 0) is 92.1 Å². The quantitative estimate of drug-likeness (QED) is 0.272. The number of ketones is 1. The number of Topliss-reactive ketones (excluding diaryl/α,β-unsaturated/α-hetero) is 1. The SMILES string of the molecule is Cc1ccc(-n2nc(C(C)(C)C)cc2NC(=O)Nc2cccc(CC3CCNCC3C(=O)C3=CC4OCC=C4CC3)c2)cc1. The largest absolute Gasteiger partial charge is 0.366 e. The lowest BCUT2D eigenvalue weighted by molar-refractivity contribution is -0.121. The number of ether oxygens (including phenoxy) is 1. The number of aryl methyl sites for hydroxylation is 1. The lowest BCUT2D eigenvalue weighted by Crippen LogP contribution is -2.42. The lowest BCUT2D eigenvalue weighted by Gasteiger charge is -2.33. The molecule has 8 nitrogen and oxygen atoms in total. The van der Waals surface area contributed by atoms with Crippen molar-refractivity contribution < 1.29 is 14.3 Å². The van der Waals surface area contributed by atoms with Crippen LogP contribution < -0.4 is 16.0 Å². The van der Waals surface area contributed by atoms with Gasteiger partial charge >= 0.3 is 6.03 Å². The summed E-state index contributed by atoms with van der Waals surface area (Å²) in [7, 11) is 0. The van der Waals surface area contributed by atoms with E-state index in [9.17, 15) is 9.59 Å². The molecule has 44 heavy (non-hydrogen) atoms. The average molecular weight is 594 g/mol. The number of anilines is 2. The highest BCUT2D eigenvalue weighted by atomic mass is 16.5. The molecule has 3 unspecified atom stereocenters. The molecular formula is C36H43N5O3. The van der Waals surface area contributed by atoms with Crippen LogP contribution in [0.3, 0.4) is 0 Å². The summed E-state index contributed by atoms with van der Waals surface area (Å²) in [5.74, 6) is 1.02. The van der Waals surface area contributed by atoms with Gasteiger partial charge in [-0.25, -0.2) is 9.48 Å². The van der Waals surface area contributed by atoms with Crippen LogP contribution in [0.15, 0.2) is 77.9 Å². The van der Waals surface area contributed by atoms with E-state index in [4.69, 9.17) is 9.84 Å². The fourth-order valence-corrected chi connectivity index (χ4v) is 6.41. The van der Waals surface area contributed by atoms with Gasteiger partial charge in [0.2, 0.25) is 0 Å². The lowest BCUT2D eigenvalue weighted by atomic mass is 9.76. The van der Waals surface area contributed by atoms with Crippen LogP contribution in [0.2, 0.25) is 0 Å². The summed E-state index contributed by atoms with van der Waals surface area (Å²) < 4.78 is 7.58. The Morgan fingerprint density at radius 2 is 1.89 bits per heavy atom. The number of allylic oxidation sites excluding steroid dienone is 1. The number of amides is 2. The van der Waals surface area contributed by atoms with Gasteiger partial charge in [0.25, 0.3) is 0 Å². The van der Waals surface area contributed by atoms with Crippen LogP contribution in [0.1, 0.15) is 56.9 Å². The van der Waals surface area contributed by atoms with Crippen molar-refractivity contribution in [3.8, 4) is 5.69 Å². The molecule has 3 N–H and O–H groups in total. The second-order valence-electron chi connectivity index (χ2n) is 13.3. The van der Waals surface area contributed by atoms with Crippen molar-refractivity contribution in [1.29, 1.82) is 0 Å². The topological polar surface area (TPSA) is 97.3 Å². The molecule has 3 heterocycles. The zero-order chi connectivity index (χ0) is 30.8. The highest BCUT2D eigenvalue weighted by molar-refractivity contribution is 5.99. The van der Waals surface area contributed by atoms with Gasteiger partial charge in [-0.2, -0.15) is 5.10 Å². The molecule has 2 amide bonds. The van der Waals surface area contributed by atoms with Crippen molar-refractivity contribution in [2.75, 3.05) is 30.3 Å². The van der Waals surface area contributed by atoms with Crippen molar-refractivity contribution in [2.24, 2.45) is 11.8 Å². The van der Waals surface area contributed by atoms with E-state index >= 15 is 0 Å². The monoisotopic (exact) mass is 593 g/mol. The third-order valence-electron chi connectivity index (χ3n) is 8.98. The molecule has 6 rings (SSSR count). The molecule has 1 fully saturated rings. The third-order valence-corrected chi connectivity index (χ3v) is 8.98. The number of hydrogen-bond acceptors (Lipinski definition) is 5. The maximum atomic E-state index is 13.7. The van der Waals surface area contributed by atoms with Gasteiger partial charge in [-0.1, -0.05) is 56.7 Å². The number of aromatic nitrogens is 2. The van der Waals surface area contributed by atoms with Crippen molar-refractivity contribution in [3.05, 3.63) is 94.7 Å². The fraction of sp³-hybridized carbons (Fsp3) is 0.417. The third kappa shape index (κ3) is 6.71. The molecule has 1 aromatic heterocycles. The smallest absolute Gasteiger partial charge is 0.324 e. The molecule has 3 atom stereocenters. The number of piperidine rings is 1. The van der Waals surface area contributed by atoms with Gasteiger partial charge in [0.15, 0.2) is 5.78 Å². The zero-order valence-corrected chi connectivity index (χ0v) is 26.2. The Balaban J connectivity index is 1.14. The molecule has 8 heteroatoms. The molecule has 0 radical (unpaired) electrons. The summed E-state index contributed by atoms with van der Waals surface area (Å²) in [4.78, 5) is 26.9. The van der Waals surface area contributed by atoms with Crippen molar-refractivity contribution in [1.82, 2.24) is 15.1 Å². The second-order valence-corrected chi connectivity index (χ2v) is 13.3. The predicted octanol–water partition coefficient (Wildman–Crippen LogP) is 6.50. The number of hydrogen-bond donors (Lipinski definition) is 3. The van der Waals surface area contributed by atoms with Gasteiger partial charge in [0.05, 0.1) is 24.1 Å². The number of nitrogens with one attached hydrogen (secondary N) is 3. The van der Waals surface area contributed by atoms with Crippen LogP contribution in [-0.2, 0) is 21.4 Å². The number of carbonyl (C=O) groups excluding carboxylic acids is 2. The normalized spacial score (nSPS) is 21.7. The van der Waals surface area contributed by atoms with Crippen LogP contribution in [0, 0.1) is 18.8 Å². The summed E-state index contributed by atoms with van der Waals surface area (Å²) in [6.45, 7) is 10.6. The molecule has 3 aliphatic rings. The van der Waals surface area contributed by atoms with E-state index in [1.54, 1.807) is 4.68 Å². The van der Waals surface area contributed by atoms with Gasteiger partial charge in [0.1, 0.15) is 5.82 Å². The number of nitrogens with zero attached hydrogens (tertiary/aromatic N) is 2. The van der Waals surface area contributed by atoms with Crippen LogP contribution in [0.4, 0.5) is 16.3 Å². The van der Waals surface area contributed by atoms with Crippen LogP contribution in [0.5, 0.6) is 0 Å². The Morgan fingerprint density at radius 3 is 2.68 bits per heavy atom. The standard InChI is InChI=1S/C36H43N5O3/c1-23-8-12-29(13-9-23)41-33(21-32(40-41)36(2,3)4)39-35(43)38-28-7-5-6-24(19-28)18-26-14-16-37-22-30(26)34(42)27-11-10-25-15-17-44-31(25)20-27/h5-9,12-13,15,19-21,26,30-31,37H,10-11,14,16-18,22H2,1-4H3,(H2,38,39,43). The molecule has 0 spiro atoms. The first-order valence-corrected chi connectivity index (χ1v) is 15.7. The van der Waals surface area contributed by atoms with E-state index < -0.39 is 0 Å². The maximum Gasteiger partial charge on any atom is 0.324 e. The van der Waals surface area contributed by atoms with E-state index in [0.717, 1.165) is 60.3 Å².